The van der Waals surface area contributed by atoms with Crippen LogP contribution < -0.4 is 5.32 Å². The maximum atomic E-state index is 12.5. The Morgan fingerprint density at radius 1 is 1.17 bits per heavy atom. The summed E-state index contributed by atoms with van der Waals surface area (Å²) in [4.78, 5) is 26.5. The van der Waals surface area contributed by atoms with E-state index in [1.54, 1.807) is 30.0 Å². The molecule has 134 valence electrons. The molecule has 0 aliphatic carbocycles. The standard InChI is InChI=1S/C18H26Cl2N2O2/c1-5-8-17(23)22(13(4)18(24)21-12(3)6-2)11-14-15(19)9-7-10-16(14)20/h7,9-10,12-13H,5-6,8,11H2,1-4H3,(H,21,24)/t12-,13+/m0/s1. The molecule has 1 rings (SSSR count). The Labute approximate surface area is 154 Å². The SMILES string of the molecule is CCCC(=O)N(Cc1c(Cl)cccc1Cl)[C@H](C)C(=O)N[C@@H](C)CC. The topological polar surface area (TPSA) is 49.4 Å². The number of carbonyl (C=O) groups excluding carboxylic acids is 2. The Bertz CT molecular complexity index is 558. The normalized spacial score (nSPS) is 13.2. The lowest BCUT2D eigenvalue weighted by Gasteiger charge is -2.30. The summed E-state index contributed by atoms with van der Waals surface area (Å²) in [6, 6.07) is 4.69. The van der Waals surface area contributed by atoms with Crippen molar-refractivity contribution in [1.29, 1.82) is 0 Å². The monoisotopic (exact) mass is 372 g/mol. The molecule has 0 bridgehead atoms. The lowest BCUT2D eigenvalue weighted by atomic mass is 10.1. The van der Waals surface area contributed by atoms with Crippen molar-refractivity contribution in [2.45, 2.75) is 65.6 Å². The largest absolute Gasteiger partial charge is 0.352 e. The molecular formula is C18H26Cl2N2O2. The first kappa shape index (κ1) is 20.8. The number of hydrogen-bond donors (Lipinski definition) is 1. The Balaban J connectivity index is 3.03. The molecule has 24 heavy (non-hydrogen) atoms. The van der Waals surface area contributed by atoms with Crippen LogP contribution in [-0.4, -0.2) is 28.8 Å². The second kappa shape index (κ2) is 9.90. The van der Waals surface area contributed by atoms with Crippen molar-refractivity contribution in [3.63, 3.8) is 0 Å². The van der Waals surface area contributed by atoms with Gasteiger partial charge in [-0.3, -0.25) is 9.59 Å². The van der Waals surface area contributed by atoms with Gasteiger partial charge in [0, 0.05) is 34.6 Å². The minimum atomic E-state index is -0.592. The van der Waals surface area contributed by atoms with E-state index < -0.39 is 6.04 Å². The Morgan fingerprint density at radius 3 is 2.25 bits per heavy atom. The van der Waals surface area contributed by atoms with Crippen LogP contribution in [0.25, 0.3) is 0 Å². The highest BCUT2D eigenvalue weighted by Crippen LogP contribution is 2.26. The van der Waals surface area contributed by atoms with Crippen LogP contribution in [0, 0.1) is 0 Å². The average Bonchev–Trinajstić information content (AvgIpc) is 2.54. The van der Waals surface area contributed by atoms with E-state index in [1.165, 1.54) is 0 Å². The van der Waals surface area contributed by atoms with Gasteiger partial charge >= 0.3 is 0 Å². The van der Waals surface area contributed by atoms with Gasteiger partial charge in [-0.1, -0.05) is 43.1 Å². The highest BCUT2D eigenvalue weighted by Gasteiger charge is 2.27. The van der Waals surface area contributed by atoms with E-state index in [0.717, 1.165) is 6.42 Å². The van der Waals surface area contributed by atoms with Gasteiger partial charge in [-0.2, -0.15) is 0 Å². The highest BCUT2D eigenvalue weighted by molar-refractivity contribution is 6.36. The van der Waals surface area contributed by atoms with Gasteiger partial charge in [-0.25, -0.2) is 0 Å². The van der Waals surface area contributed by atoms with Crippen molar-refractivity contribution in [2.75, 3.05) is 0 Å². The molecule has 0 aliphatic rings. The summed E-state index contributed by atoms with van der Waals surface area (Å²) in [7, 11) is 0. The lowest BCUT2D eigenvalue weighted by molar-refractivity contribution is -0.140. The summed E-state index contributed by atoms with van der Waals surface area (Å²) in [5.74, 6) is -0.253. The molecule has 0 unspecified atom stereocenters. The minimum absolute atomic E-state index is 0.0620. The number of amides is 2. The van der Waals surface area contributed by atoms with Gasteiger partial charge in [0.2, 0.25) is 11.8 Å². The molecule has 1 aromatic carbocycles. The molecule has 1 N–H and O–H groups in total. The number of benzene rings is 1. The van der Waals surface area contributed by atoms with Crippen molar-refractivity contribution >= 4 is 35.0 Å². The van der Waals surface area contributed by atoms with E-state index in [-0.39, 0.29) is 24.4 Å². The summed E-state index contributed by atoms with van der Waals surface area (Å²) >= 11 is 12.4. The first-order valence-corrected chi connectivity index (χ1v) is 9.10. The van der Waals surface area contributed by atoms with E-state index >= 15 is 0 Å². The van der Waals surface area contributed by atoms with Crippen LogP contribution in [0.2, 0.25) is 10.0 Å². The van der Waals surface area contributed by atoms with Crippen molar-refractivity contribution < 1.29 is 9.59 Å². The van der Waals surface area contributed by atoms with Crippen LogP contribution in [0.5, 0.6) is 0 Å². The van der Waals surface area contributed by atoms with Crippen LogP contribution in [0.1, 0.15) is 52.5 Å². The van der Waals surface area contributed by atoms with E-state index in [2.05, 4.69) is 5.32 Å². The van der Waals surface area contributed by atoms with E-state index in [1.807, 2.05) is 20.8 Å². The Kier molecular flexibility index (Phi) is 8.57. The van der Waals surface area contributed by atoms with Gasteiger partial charge in [0.25, 0.3) is 0 Å². The molecule has 0 saturated carbocycles. The van der Waals surface area contributed by atoms with E-state index in [4.69, 9.17) is 23.2 Å². The van der Waals surface area contributed by atoms with Crippen LogP contribution in [0.3, 0.4) is 0 Å². The fourth-order valence-corrected chi connectivity index (χ4v) is 2.78. The smallest absolute Gasteiger partial charge is 0.242 e. The second-order valence-corrected chi connectivity index (χ2v) is 6.78. The molecule has 0 saturated heterocycles. The van der Waals surface area contributed by atoms with Crippen molar-refractivity contribution in [3.8, 4) is 0 Å². The predicted molar refractivity (Wildman–Crippen MR) is 99.3 cm³/mol. The summed E-state index contributed by atoms with van der Waals surface area (Å²) in [6.07, 6.45) is 1.92. The number of hydrogen-bond acceptors (Lipinski definition) is 2. The predicted octanol–water partition coefficient (Wildman–Crippen LogP) is 4.43. The van der Waals surface area contributed by atoms with Crippen LogP contribution in [0.4, 0.5) is 0 Å². The van der Waals surface area contributed by atoms with Gasteiger partial charge in [0.05, 0.1) is 0 Å². The fourth-order valence-electron chi connectivity index (χ4n) is 2.26. The van der Waals surface area contributed by atoms with Crippen molar-refractivity contribution in [2.24, 2.45) is 0 Å². The number of nitrogens with one attached hydrogen (secondary N) is 1. The molecule has 4 nitrogen and oxygen atoms in total. The number of halogens is 2. The summed E-state index contributed by atoms with van der Waals surface area (Å²) in [5, 5.41) is 3.91. The zero-order valence-electron chi connectivity index (χ0n) is 14.7. The number of nitrogens with zero attached hydrogens (tertiary/aromatic N) is 1. The Hall–Kier alpha value is -1.26. The summed E-state index contributed by atoms with van der Waals surface area (Å²) < 4.78 is 0. The molecular weight excluding hydrogens is 347 g/mol. The van der Waals surface area contributed by atoms with Gasteiger partial charge < -0.3 is 10.2 Å². The first-order chi connectivity index (χ1) is 11.3. The van der Waals surface area contributed by atoms with Crippen LogP contribution >= 0.6 is 23.2 Å². The third-order valence-corrected chi connectivity index (χ3v) is 4.73. The zero-order valence-corrected chi connectivity index (χ0v) is 16.2. The van der Waals surface area contributed by atoms with Crippen LogP contribution in [0.15, 0.2) is 18.2 Å². The van der Waals surface area contributed by atoms with Crippen LogP contribution in [-0.2, 0) is 16.1 Å². The average molecular weight is 373 g/mol. The molecule has 0 aromatic heterocycles. The molecule has 2 amide bonds. The minimum Gasteiger partial charge on any atom is -0.352 e. The molecule has 1 aromatic rings. The summed E-state index contributed by atoms with van der Waals surface area (Å²) in [5.41, 5.74) is 0.661. The third kappa shape index (κ3) is 5.67. The Morgan fingerprint density at radius 2 is 1.75 bits per heavy atom. The van der Waals surface area contributed by atoms with Gasteiger partial charge in [-0.15, -0.1) is 0 Å². The molecule has 0 heterocycles. The zero-order chi connectivity index (χ0) is 18.3. The van der Waals surface area contributed by atoms with Gasteiger partial charge in [-0.05, 0) is 38.8 Å². The van der Waals surface area contributed by atoms with Crippen molar-refractivity contribution in [3.05, 3.63) is 33.8 Å². The highest BCUT2D eigenvalue weighted by atomic mass is 35.5. The quantitative estimate of drug-likeness (QED) is 0.733. The molecule has 0 aliphatic heterocycles. The van der Waals surface area contributed by atoms with E-state index in [0.29, 0.717) is 28.5 Å². The maximum absolute atomic E-state index is 12.5. The van der Waals surface area contributed by atoms with Gasteiger partial charge in [0.1, 0.15) is 6.04 Å². The number of carbonyl (C=O) groups is 2. The lowest BCUT2D eigenvalue weighted by Crippen LogP contribution is -2.49. The third-order valence-electron chi connectivity index (χ3n) is 4.02. The van der Waals surface area contributed by atoms with Gasteiger partial charge in [0.15, 0.2) is 0 Å². The second-order valence-electron chi connectivity index (χ2n) is 5.97. The molecule has 2 atom stereocenters. The first-order valence-electron chi connectivity index (χ1n) is 8.34. The summed E-state index contributed by atoms with van der Waals surface area (Å²) in [6.45, 7) is 7.82. The molecule has 0 spiro atoms. The molecule has 0 fully saturated rings. The van der Waals surface area contributed by atoms with E-state index in [9.17, 15) is 9.59 Å². The molecule has 0 radical (unpaired) electrons. The fraction of sp³-hybridized carbons (Fsp3) is 0.556. The maximum Gasteiger partial charge on any atom is 0.242 e. The molecule has 6 heteroatoms. The van der Waals surface area contributed by atoms with Crippen molar-refractivity contribution in [1.82, 2.24) is 10.2 Å². The number of rotatable bonds is 8.